The molecular weight excluding hydrogens is 468 g/mol. The summed E-state index contributed by atoms with van der Waals surface area (Å²) in [6, 6.07) is 13.7. The Morgan fingerprint density at radius 3 is 2.47 bits per heavy atom. The fraction of sp³-hybridized carbons (Fsp3) is 0.269. The maximum atomic E-state index is 11.3. The van der Waals surface area contributed by atoms with E-state index >= 15 is 0 Å². The van der Waals surface area contributed by atoms with Crippen LogP contribution in [0.1, 0.15) is 36.0 Å². The molecule has 1 aromatic carbocycles. The Labute approximate surface area is 206 Å². The first kappa shape index (κ1) is 24.1. The molecule has 4 aromatic rings. The zero-order valence-electron chi connectivity index (χ0n) is 19.2. The third-order valence-electron chi connectivity index (χ3n) is 5.30. The largest absolute Gasteiger partial charge is 0.485 e. The molecule has 8 heteroatoms. The third kappa shape index (κ3) is 5.70. The number of aryl methyl sites for hydroxylation is 1. The number of aliphatic carboxylic acids is 1. The molecule has 2 unspecified atom stereocenters. The van der Waals surface area contributed by atoms with Crippen molar-refractivity contribution in [2.24, 2.45) is 0 Å². The number of nitrogens with zero attached hydrogens (tertiary/aromatic N) is 2. The number of rotatable bonds is 10. The van der Waals surface area contributed by atoms with Crippen molar-refractivity contribution in [2.45, 2.75) is 39.4 Å². The molecule has 0 radical (unpaired) electrons. The van der Waals surface area contributed by atoms with Gasteiger partial charge in [0.2, 0.25) is 0 Å². The quantitative estimate of drug-likeness (QED) is 0.274. The van der Waals surface area contributed by atoms with Crippen molar-refractivity contribution < 1.29 is 19.4 Å². The van der Waals surface area contributed by atoms with Crippen LogP contribution in [-0.2, 0) is 16.0 Å². The molecule has 3 heterocycles. The molecule has 1 N–H and O–H groups in total. The molecule has 2 atom stereocenters. The molecule has 6 nitrogen and oxygen atoms in total. The van der Waals surface area contributed by atoms with E-state index in [2.05, 4.69) is 29.0 Å². The average molecular weight is 495 g/mol. The van der Waals surface area contributed by atoms with Crippen LogP contribution in [0.4, 0.5) is 0 Å². The Bertz CT molecular complexity index is 1220. The molecule has 176 valence electrons. The van der Waals surface area contributed by atoms with Crippen LogP contribution in [0.25, 0.3) is 21.1 Å². The lowest BCUT2D eigenvalue weighted by Crippen LogP contribution is -2.26. The molecule has 0 aliphatic heterocycles. The lowest BCUT2D eigenvalue weighted by molar-refractivity contribution is -0.149. The molecule has 34 heavy (non-hydrogen) atoms. The molecule has 0 bridgehead atoms. The van der Waals surface area contributed by atoms with E-state index in [0.717, 1.165) is 37.1 Å². The minimum Gasteiger partial charge on any atom is -0.485 e. The molecule has 4 rings (SSSR count). The van der Waals surface area contributed by atoms with Crippen molar-refractivity contribution >= 4 is 28.6 Å². The van der Waals surface area contributed by atoms with Gasteiger partial charge in [-0.25, -0.2) is 14.8 Å². The molecule has 0 saturated carbocycles. The zero-order chi connectivity index (χ0) is 24.1. The highest BCUT2D eigenvalue weighted by Crippen LogP contribution is 2.35. The molecule has 0 saturated heterocycles. The standard InChI is InChI=1S/C26H26N2O4S2/c1-4-31-21(26(29)30)13-18-7-9-20(10-8-18)32-17(3)24-16(2)12-23(34-24)25-27-14-19(15-28-25)22-6-5-11-33-22/h5-12,14-15,17,21H,4,13H2,1-3H3,(H,29,30). The van der Waals surface area contributed by atoms with Crippen molar-refractivity contribution in [3.05, 3.63) is 76.2 Å². The second kappa shape index (κ2) is 10.9. The Hall–Kier alpha value is -3.07. The molecule has 3 aromatic heterocycles. The Kier molecular flexibility index (Phi) is 7.72. The summed E-state index contributed by atoms with van der Waals surface area (Å²) in [6.07, 6.45) is 3.06. The van der Waals surface area contributed by atoms with Gasteiger partial charge in [-0.1, -0.05) is 18.2 Å². The number of thiophene rings is 2. The number of carboxylic acids is 1. The predicted octanol–water partition coefficient (Wildman–Crippen LogP) is 6.41. The van der Waals surface area contributed by atoms with Crippen LogP contribution in [-0.4, -0.2) is 33.8 Å². The highest BCUT2D eigenvalue weighted by molar-refractivity contribution is 7.15. The van der Waals surface area contributed by atoms with Gasteiger partial charge in [-0.15, -0.1) is 22.7 Å². The van der Waals surface area contributed by atoms with Gasteiger partial charge in [-0.2, -0.15) is 0 Å². The van der Waals surface area contributed by atoms with E-state index in [1.165, 1.54) is 0 Å². The lowest BCUT2D eigenvalue weighted by atomic mass is 10.1. The fourth-order valence-corrected chi connectivity index (χ4v) is 5.44. The summed E-state index contributed by atoms with van der Waals surface area (Å²) in [5.74, 6) is 0.480. The van der Waals surface area contributed by atoms with Crippen LogP contribution in [0.2, 0.25) is 0 Å². The van der Waals surface area contributed by atoms with Crippen LogP contribution in [0.15, 0.2) is 60.2 Å². The van der Waals surface area contributed by atoms with Crippen LogP contribution in [0, 0.1) is 6.92 Å². The Morgan fingerprint density at radius 2 is 1.85 bits per heavy atom. The number of carboxylic acid groups (broad SMARTS) is 1. The van der Waals surface area contributed by atoms with Crippen LogP contribution >= 0.6 is 22.7 Å². The topological polar surface area (TPSA) is 81.5 Å². The van der Waals surface area contributed by atoms with Gasteiger partial charge >= 0.3 is 5.97 Å². The first-order valence-corrected chi connectivity index (χ1v) is 12.7. The van der Waals surface area contributed by atoms with E-state index in [9.17, 15) is 9.90 Å². The van der Waals surface area contributed by atoms with Gasteiger partial charge < -0.3 is 14.6 Å². The second-order valence-corrected chi connectivity index (χ2v) is 9.85. The van der Waals surface area contributed by atoms with Gasteiger partial charge in [0.05, 0.1) is 4.88 Å². The van der Waals surface area contributed by atoms with Crippen LogP contribution in [0.5, 0.6) is 5.75 Å². The van der Waals surface area contributed by atoms with E-state index < -0.39 is 12.1 Å². The zero-order valence-corrected chi connectivity index (χ0v) is 20.9. The highest BCUT2D eigenvalue weighted by atomic mass is 32.1. The molecule has 0 aliphatic rings. The molecular formula is C26H26N2O4S2. The number of hydrogen-bond acceptors (Lipinski definition) is 7. The summed E-state index contributed by atoms with van der Waals surface area (Å²) in [6.45, 7) is 6.24. The number of benzene rings is 1. The molecule has 0 fully saturated rings. The van der Waals surface area contributed by atoms with Crippen molar-refractivity contribution in [1.29, 1.82) is 0 Å². The number of ether oxygens (including phenoxy) is 2. The maximum absolute atomic E-state index is 11.3. The van der Waals surface area contributed by atoms with Crippen molar-refractivity contribution in [3.8, 4) is 26.9 Å². The van der Waals surface area contributed by atoms with Gasteiger partial charge in [0.1, 0.15) is 11.9 Å². The third-order valence-corrected chi connectivity index (χ3v) is 7.62. The minimum absolute atomic E-state index is 0.148. The first-order valence-electron chi connectivity index (χ1n) is 11.0. The molecule has 0 aliphatic carbocycles. The average Bonchev–Trinajstić information content (AvgIpc) is 3.50. The van der Waals surface area contributed by atoms with Crippen molar-refractivity contribution in [1.82, 2.24) is 9.97 Å². The smallest absolute Gasteiger partial charge is 0.333 e. The van der Waals surface area contributed by atoms with Crippen LogP contribution in [0.3, 0.4) is 0 Å². The van der Waals surface area contributed by atoms with Gasteiger partial charge in [0.15, 0.2) is 11.9 Å². The summed E-state index contributed by atoms with van der Waals surface area (Å²) in [4.78, 5) is 23.7. The second-order valence-electron chi connectivity index (χ2n) is 7.82. The predicted molar refractivity (Wildman–Crippen MR) is 136 cm³/mol. The van der Waals surface area contributed by atoms with Crippen molar-refractivity contribution in [2.75, 3.05) is 6.61 Å². The fourth-order valence-electron chi connectivity index (χ4n) is 3.63. The van der Waals surface area contributed by atoms with Crippen LogP contribution < -0.4 is 4.74 Å². The SMILES string of the molecule is CCOC(Cc1ccc(OC(C)c2sc(-c3ncc(-c4cccs4)cn3)cc2C)cc1)C(=O)O. The van der Waals surface area contributed by atoms with Gasteiger partial charge in [0.25, 0.3) is 0 Å². The summed E-state index contributed by atoms with van der Waals surface area (Å²) in [5, 5.41) is 11.3. The highest BCUT2D eigenvalue weighted by Gasteiger charge is 2.19. The van der Waals surface area contributed by atoms with Gasteiger partial charge in [-0.05, 0) is 61.5 Å². The monoisotopic (exact) mass is 494 g/mol. The lowest BCUT2D eigenvalue weighted by Gasteiger charge is -2.16. The van der Waals surface area contributed by atoms with Gasteiger partial charge in [-0.3, -0.25) is 0 Å². The van der Waals surface area contributed by atoms with E-state index in [1.807, 2.05) is 55.0 Å². The normalized spacial score (nSPS) is 12.9. The summed E-state index contributed by atoms with van der Waals surface area (Å²) < 4.78 is 11.5. The van der Waals surface area contributed by atoms with E-state index in [1.54, 1.807) is 29.6 Å². The number of aromatic nitrogens is 2. The maximum Gasteiger partial charge on any atom is 0.333 e. The van der Waals surface area contributed by atoms with Crippen molar-refractivity contribution in [3.63, 3.8) is 0 Å². The number of carbonyl (C=O) groups is 1. The summed E-state index contributed by atoms with van der Waals surface area (Å²) in [7, 11) is 0. The molecule has 0 amide bonds. The van der Waals surface area contributed by atoms with E-state index in [-0.39, 0.29) is 6.10 Å². The summed E-state index contributed by atoms with van der Waals surface area (Å²) >= 11 is 3.30. The Morgan fingerprint density at radius 1 is 1.12 bits per heavy atom. The van der Waals surface area contributed by atoms with E-state index in [0.29, 0.717) is 18.9 Å². The number of hydrogen-bond donors (Lipinski definition) is 1. The van der Waals surface area contributed by atoms with E-state index in [4.69, 9.17) is 9.47 Å². The summed E-state index contributed by atoms with van der Waals surface area (Å²) in [5.41, 5.74) is 3.04. The first-order chi connectivity index (χ1) is 16.4. The van der Waals surface area contributed by atoms with Gasteiger partial charge in [0, 0.05) is 40.7 Å². The minimum atomic E-state index is -0.954. The molecule has 0 spiro atoms. The Balaban J connectivity index is 1.43.